The predicted molar refractivity (Wildman–Crippen MR) is 84.7 cm³/mol. The number of anilines is 1. The van der Waals surface area contributed by atoms with Crippen molar-refractivity contribution in [1.29, 1.82) is 0 Å². The van der Waals surface area contributed by atoms with E-state index in [1.54, 1.807) is 0 Å². The average Bonchev–Trinajstić information content (AvgIpc) is 2.73. The summed E-state index contributed by atoms with van der Waals surface area (Å²) in [6, 6.07) is 12.1. The Balaban J connectivity index is 1.89. The van der Waals surface area contributed by atoms with Crippen molar-refractivity contribution in [3.8, 4) is 0 Å². The highest BCUT2D eigenvalue weighted by Crippen LogP contribution is 2.37. The first kappa shape index (κ1) is 13.4. The Morgan fingerprint density at radius 2 is 1.90 bits per heavy atom. The van der Waals surface area contributed by atoms with Crippen LogP contribution in [0.15, 0.2) is 36.4 Å². The minimum atomic E-state index is 0.134. The van der Waals surface area contributed by atoms with Crippen LogP contribution in [0.3, 0.4) is 0 Å². The van der Waals surface area contributed by atoms with Crippen LogP contribution in [0.1, 0.15) is 30.1 Å². The van der Waals surface area contributed by atoms with Crippen LogP contribution in [-0.2, 0) is 0 Å². The highest BCUT2D eigenvalue weighted by molar-refractivity contribution is 6.25. The Morgan fingerprint density at radius 1 is 1.15 bits per heavy atom. The second-order valence-electron chi connectivity index (χ2n) is 5.51. The molecule has 0 saturated carbocycles. The number of halogens is 1. The molecule has 1 amide bonds. The van der Waals surface area contributed by atoms with Crippen molar-refractivity contribution in [2.45, 2.75) is 19.8 Å². The molecule has 1 unspecified atom stereocenters. The molecule has 0 radical (unpaired) electrons. The Hall–Kier alpha value is -1.54. The molecule has 0 saturated heterocycles. The summed E-state index contributed by atoms with van der Waals surface area (Å²) in [5.41, 5.74) is 1.89. The lowest BCUT2D eigenvalue weighted by atomic mass is 10.0. The number of hydrogen-bond donors (Lipinski definition) is 0. The first-order chi connectivity index (χ1) is 9.72. The van der Waals surface area contributed by atoms with E-state index in [1.165, 1.54) is 0 Å². The number of carbonyl (C=O) groups excluding carboxylic acids is 1. The molecule has 0 N–H and O–H groups in total. The van der Waals surface area contributed by atoms with Crippen LogP contribution in [0, 0.1) is 5.92 Å². The maximum atomic E-state index is 12.5. The molecule has 0 aliphatic carbocycles. The van der Waals surface area contributed by atoms with Crippen molar-refractivity contribution in [2.75, 3.05) is 17.3 Å². The maximum absolute atomic E-state index is 12.5. The van der Waals surface area contributed by atoms with Gasteiger partial charge >= 0.3 is 0 Å². The van der Waals surface area contributed by atoms with E-state index in [0.717, 1.165) is 41.4 Å². The smallest absolute Gasteiger partial charge is 0.258 e. The van der Waals surface area contributed by atoms with Gasteiger partial charge in [0, 0.05) is 23.4 Å². The van der Waals surface area contributed by atoms with E-state index in [9.17, 15) is 4.79 Å². The molecule has 3 rings (SSSR count). The van der Waals surface area contributed by atoms with Crippen molar-refractivity contribution >= 4 is 34.0 Å². The normalized spacial score (nSPS) is 15.1. The predicted octanol–water partition coefficient (Wildman–Crippen LogP) is 4.46. The number of alkyl halides is 1. The lowest BCUT2D eigenvalue weighted by molar-refractivity contribution is 0.0992. The van der Waals surface area contributed by atoms with Gasteiger partial charge in [-0.2, -0.15) is 0 Å². The Kier molecular flexibility index (Phi) is 3.66. The molecule has 1 heterocycles. The number of carbonyl (C=O) groups is 1. The maximum Gasteiger partial charge on any atom is 0.258 e. The van der Waals surface area contributed by atoms with Gasteiger partial charge in [0.15, 0.2) is 0 Å². The van der Waals surface area contributed by atoms with Crippen LogP contribution < -0.4 is 4.90 Å². The third-order valence-electron chi connectivity index (χ3n) is 4.10. The summed E-state index contributed by atoms with van der Waals surface area (Å²) in [6.45, 7) is 2.96. The van der Waals surface area contributed by atoms with Gasteiger partial charge in [-0.3, -0.25) is 4.79 Å². The Labute approximate surface area is 124 Å². The molecular formula is C17H18ClNO. The van der Waals surface area contributed by atoms with Crippen LogP contribution in [0.2, 0.25) is 0 Å². The minimum absolute atomic E-state index is 0.134. The first-order valence-electron chi connectivity index (χ1n) is 7.12. The standard InChI is InChI=1S/C17H18ClNO/c1-12(8-10-18)9-11-19-15-7-3-5-13-4-2-6-14(16(13)15)17(19)20/h2-7,12H,8-11H2,1H3. The lowest BCUT2D eigenvalue weighted by Gasteiger charge is -2.19. The van der Waals surface area contributed by atoms with Crippen molar-refractivity contribution in [1.82, 2.24) is 0 Å². The average molecular weight is 288 g/mol. The molecule has 2 nitrogen and oxygen atoms in total. The summed E-state index contributed by atoms with van der Waals surface area (Å²) in [5, 5.41) is 2.25. The molecule has 0 fully saturated rings. The molecule has 2 aromatic rings. The third-order valence-corrected chi connectivity index (χ3v) is 4.31. The van der Waals surface area contributed by atoms with Gasteiger partial charge in [0.1, 0.15) is 0 Å². The van der Waals surface area contributed by atoms with E-state index >= 15 is 0 Å². The highest BCUT2D eigenvalue weighted by atomic mass is 35.5. The van der Waals surface area contributed by atoms with Crippen LogP contribution in [0.5, 0.6) is 0 Å². The first-order valence-corrected chi connectivity index (χ1v) is 7.65. The van der Waals surface area contributed by atoms with E-state index in [-0.39, 0.29) is 5.91 Å². The topological polar surface area (TPSA) is 20.3 Å². The number of benzene rings is 2. The van der Waals surface area contributed by atoms with Gasteiger partial charge in [-0.15, -0.1) is 11.6 Å². The van der Waals surface area contributed by atoms with Gasteiger partial charge in [0.25, 0.3) is 5.91 Å². The molecule has 104 valence electrons. The zero-order chi connectivity index (χ0) is 14.1. The van der Waals surface area contributed by atoms with Gasteiger partial charge in [-0.1, -0.05) is 31.2 Å². The fraction of sp³-hybridized carbons (Fsp3) is 0.353. The SMILES string of the molecule is CC(CCCl)CCN1C(=O)c2cccc3cccc1c23. The molecule has 1 aliphatic heterocycles. The summed E-state index contributed by atoms with van der Waals surface area (Å²) in [6.07, 6.45) is 1.99. The Morgan fingerprint density at radius 3 is 2.65 bits per heavy atom. The molecule has 3 heteroatoms. The van der Waals surface area contributed by atoms with Gasteiger partial charge in [-0.25, -0.2) is 0 Å². The van der Waals surface area contributed by atoms with E-state index in [4.69, 9.17) is 11.6 Å². The van der Waals surface area contributed by atoms with E-state index in [0.29, 0.717) is 11.8 Å². The largest absolute Gasteiger partial charge is 0.308 e. The van der Waals surface area contributed by atoms with Crippen LogP contribution >= 0.6 is 11.6 Å². The molecule has 0 bridgehead atoms. The minimum Gasteiger partial charge on any atom is -0.308 e. The molecule has 0 spiro atoms. The fourth-order valence-corrected chi connectivity index (χ4v) is 3.25. The lowest BCUT2D eigenvalue weighted by Crippen LogP contribution is -2.28. The molecule has 2 aromatic carbocycles. The van der Waals surface area contributed by atoms with Crippen LogP contribution in [0.25, 0.3) is 10.8 Å². The van der Waals surface area contributed by atoms with Gasteiger partial charge in [0.2, 0.25) is 0 Å². The van der Waals surface area contributed by atoms with E-state index < -0.39 is 0 Å². The van der Waals surface area contributed by atoms with Gasteiger partial charge < -0.3 is 4.90 Å². The van der Waals surface area contributed by atoms with Crippen LogP contribution in [0.4, 0.5) is 5.69 Å². The number of hydrogen-bond acceptors (Lipinski definition) is 1. The zero-order valence-corrected chi connectivity index (χ0v) is 12.4. The Bertz CT molecular complexity index is 647. The molecule has 1 atom stereocenters. The fourth-order valence-electron chi connectivity index (χ4n) is 2.88. The molecule has 0 aromatic heterocycles. The van der Waals surface area contributed by atoms with Gasteiger partial charge in [0.05, 0.1) is 5.69 Å². The summed E-state index contributed by atoms with van der Waals surface area (Å²) in [7, 11) is 0. The van der Waals surface area contributed by atoms with E-state index in [2.05, 4.69) is 19.1 Å². The molecular weight excluding hydrogens is 270 g/mol. The molecule has 1 aliphatic rings. The number of nitrogens with zero attached hydrogens (tertiary/aromatic N) is 1. The summed E-state index contributed by atoms with van der Waals surface area (Å²) in [4.78, 5) is 14.5. The zero-order valence-electron chi connectivity index (χ0n) is 11.6. The monoisotopic (exact) mass is 287 g/mol. The highest BCUT2D eigenvalue weighted by Gasteiger charge is 2.29. The van der Waals surface area contributed by atoms with Crippen LogP contribution in [-0.4, -0.2) is 18.3 Å². The van der Waals surface area contributed by atoms with Crippen molar-refractivity contribution in [3.05, 3.63) is 42.0 Å². The number of amides is 1. The second kappa shape index (κ2) is 5.45. The quantitative estimate of drug-likeness (QED) is 0.744. The van der Waals surface area contributed by atoms with Crippen molar-refractivity contribution in [2.24, 2.45) is 5.92 Å². The summed E-state index contributed by atoms with van der Waals surface area (Å²) < 4.78 is 0. The summed E-state index contributed by atoms with van der Waals surface area (Å²) >= 11 is 5.78. The van der Waals surface area contributed by atoms with E-state index in [1.807, 2.05) is 29.2 Å². The van der Waals surface area contributed by atoms with Gasteiger partial charge in [-0.05, 0) is 36.3 Å². The third kappa shape index (κ3) is 2.18. The number of rotatable bonds is 5. The second-order valence-corrected chi connectivity index (χ2v) is 5.89. The van der Waals surface area contributed by atoms with Crippen molar-refractivity contribution in [3.63, 3.8) is 0 Å². The molecule has 20 heavy (non-hydrogen) atoms. The van der Waals surface area contributed by atoms with Crippen molar-refractivity contribution < 1.29 is 4.79 Å². The summed E-state index contributed by atoms with van der Waals surface area (Å²) in [5.74, 6) is 1.36.